The summed E-state index contributed by atoms with van der Waals surface area (Å²) in [5.74, 6) is -1.02. The van der Waals surface area contributed by atoms with E-state index in [0.717, 1.165) is 6.07 Å². The molecule has 2 N–H and O–H groups in total. The first kappa shape index (κ1) is 15.6. The third-order valence-electron chi connectivity index (χ3n) is 3.29. The molecule has 1 heterocycles. The Labute approximate surface area is 139 Å². The molecule has 2 aromatic carbocycles. The number of rotatable bonds is 3. The number of nitrogens with one attached hydrogen (secondary N) is 1. The number of benzene rings is 2. The highest BCUT2D eigenvalue weighted by Gasteiger charge is 2.16. The number of aromatic nitrogens is 1. The van der Waals surface area contributed by atoms with Crippen molar-refractivity contribution in [2.45, 2.75) is 0 Å². The number of aromatic amines is 1. The van der Waals surface area contributed by atoms with Crippen LogP contribution in [0.1, 0.15) is 10.4 Å². The average molecular weight is 345 g/mol. The number of carbonyl (C=O) groups excluding carboxylic acids is 1. The van der Waals surface area contributed by atoms with E-state index in [9.17, 15) is 20.0 Å². The van der Waals surface area contributed by atoms with Gasteiger partial charge in [-0.25, -0.2) is 0 Å². The monoisotopic (exact) mass is 344 g/mol. The summed E-state index contributed by atoms with van der Waals surface area (Å²) in [7, 11) is 0. The molecular weight excluding hydrogens is 336 g/mol. The zero-order chi connectivity index (χ0) is 17.3. The van der Waals surface area contributed by atoms with Crippen LogP contribution in [0.2, 0.25) is 5.02 Å². The molecule has 3 aromatic rings. The van der Waals surface area contributed by atoms with Crippen molar-refractivity contribution in [3.8, 4) is 5.88 Å². The van der Waals surface area contributed by atoms with Gasteiger partial charge in [-0.2, -0.15) is 0 Å². The number of fused-ring (bicyclic) bond motifs is 1. The standard InChI is InChI=1S/C15H9ClN4O4/c16-10-6-5-8(7-12(10)20(23)24)14(21)19-18-13-9-3-1-2-4-11(9)17-15(13)22/h1-7,17,22H. The molecule has 0 atom stereocenters. The normalized spacial score (nSPS) is 11.2. The molecule has 0 unspecified atom stereocenters. The summed E-state index contributed by atoms with van der Waals surface area (Å²) in [6.07, 6.45) is 0. The van der Waals surface area contributed by atoms with Crippen LogP contribution in [0.5, 0.6) is 5.88 Å². The molecule has 8 nitrogen and oxygen atoms in total. The van der Waals surface area contributed by atoms with Crippen LogP contribution < -0.4 is 0 Å². The molecular formula is C15H9ClN4O4. The van der Waals surface area contributed by atoms with Crippen molar-refractivity contribution in [3.05, 3.63) is 63.2 Å². The summed E-state index contributed by atoms with van der Waals surface area (Å²) in [6, 6.07) is 10.5. The maximum absolute atomic E-state index is 12.1. The fraction of sp³-hybridized carbons (Fsp3) is 0. The summed E-state index contributed by atoms with van der Waals surface area (Å²) >= 11 is 5.70. The van der Waals surface area contributed by atoms with Crippen molar-refractivity contribution < 1.29 is 14.8 Å². The van der Waals surface area contributed by atoms with E-state index in [0.29, 0.717) is 10.9 Å². The molecule has 0 fully saturated rings. The quantitative estimate of drug-likeness (QED) is 0.416. The van der Waals surface area contributed by atoms with Gasteiger partial charge in [-0.1, -0.05) is 29.8 Å². The van der Waals surface area contributed by atoms with E-state index in [-0.39, 0.29) is 22.2 Å². The highest BCUT2D eigenvalue weighted by molar-refractivity contribution is 6.32. The highest BCUT2D eigenvalue weighted by atomic mass is 35.5. The van der Waals surface area contributed by atoms with Crippen LogP contribution in [-0.2, 0) is 0 Å². The summed E-state index contributed by atoms with van der Waals surface area (Å²) in [5, 5.41) is 28.5. The van der Waals surface area contributed by atoms with Crippen LogP contribution in [0, 0.1) is 10.1 Å². The topological polar surface area (TPSA) is 121 Å². The SMILES string of the molecule is O=C(N=Nc1c(O)[nH]c2ccccc12)c1ccc(Cl)c([N+](=O)[O-])c1. The van der Waals surface area contributed by atoms with Crippen molar-refractivity contribution in [1.29, 1.82) is 0 Å². The van der Waals surface area contributed by atoms with Crippen molar-refractivity contribution >= 4 is 39.8 Å². The number of hydrogen-bond acceptors (Lipinski definition) is 5. The number of azo groups is 1. The maximum atomic E-state index is 12.1. The molecule has 120 valence electrons. The highest BCUT2D eigenvalue weighted by Crippen LogP contribution is 2.35. The number of para-hydroxylation sites is 1. The smallest absolute Gasteiger partial charge is 0.295 e. The Kier molecular flexibility index (Phi) is 3.97. The van der Waals surface area contributed by atoms with Crippen LogP contribution in [0.3, 0.4) is 0 Å². The average Bonchev–Trinajstić information content (AvgIpc) is 2.88. The minimum Gasteiger partial charge on any atom is -0.493 e. The number of hydrogen-bond donors (Lipinski definition) is 2. The molecule has 0 saturated carbocycles. The van der Waals surface area contributed by atoms with Gasteiger partial charge < -0.3 is 10.1 Å². The largest absolute Gasteiger partial charge is 0.493 e. The van der Waals surface area contributed by atoms with Gasteiger partial charge in [0.2, 0.25) is 5.88 Å². The molecule has 0 radical (unpaired) electrons. The Morgan fingerprint density at radius 3 is 2.75 bits per heavy atom. The third kappa shape index (κ3) is 2.82. The summed E-state index contributed by atoms with van der Waals surface area (Å²) < 4.78 is 0. The van der Waals surface area contributed by atoms with E-state index < -0.39 is 16.5 Å². The molecule has 0 aliphatic rings. The Hall–Kier alpha value is -3.26. The molecule has 0 aliphatic heterocycles. The first-order valence-electron chi connectivity index (χ1n) is 6.67. The number of H-pyrrole nitrogens is 1. The van der Waals surface area contributed by atoms with Gasteiger partial charge in [0.05, 0.1) is 16.0 Å². The van der Waals surface area contributed by atoms with Crippen LogP contribution >= 0.6 is 11.6 Å². The number of nitrogens with zero attached hydrogens (tertiary/aromatic N) is 3. The second-order valence-electron chi connectivity index (χ2n) is 4.80. The second kappa shape index (κ2) is 6.09. The first-order valence-corrected chi connectivity index (χ1v) is 7.05. The van der Waals surface area contributed by atoms with Gasteiger partial charge in [0.1, 0.15) is 5.02 Å². The van der Waals surface area contributed by atoms with E-state index in [1.807, 2.05) is 0 Å². The van der Waals surface area contributed by atoms with Crippen molar-refractivity contribution in [2.24, 2.45) is 10.2 Å². The van der Waals surface area contributed by atoms with E-state index >= 15 is 0 Å². The lowest BCUT2D eigenvalue weighted by Gasteiger charge is -1.97. The Morgan fingerprint density at radius 1 is 1.25 bits per heavy atom. The lowest BCUT2D eigenvalue weighted by atomic mass is 10.2. The van der Waals surface area contributed by atoms with E-state index in [4.69, 9.17) is 11.6 Å². The van der Waals surface area contributed by atoms with Crippen LogP contribution in [0.4, 0.5) is 11.4 Å². The van der Waals surface area contributed by atoms with E-state index in [1.54, 1.807) is 24.3 Å². The molecule has 24 heavy (non-hydrogen) atoms. The molecule has 0 bridgehead atoms. The van der Waals surface area contributed by atoms with Crippen LogP contribution in [-0.4, -0.2) is 20.9 Å². The van der Waals surface area contributed by atoms with Gasteiger partial charge in [0.25, 0.3) is 11.6 Å². The summed E-state index contributed by atoms with van der Waals surface area (Å²) in [4.78, 5) is 24.9. The third-order valence-corrected chi connectivity index (χ3v) is 3.61. The van der Waals surface area contributed by atoms with Crippen molar-refractivity contribution in [1.82, 2.24) is 4.98 Å². The molecule has 3 rings (SSSR count). The summed E-state index contributed by atoms with van der Waals surface area (Å²) in [6.45, 7) is 0. The predicted molar refractivity (Wildman–Crippen MR) is 86.9 cm³/mol. The second-order valence-corrected chi connectivity index (χ2v) is 5.20. The molecule has 0 aliphatic carbocycles. The Bertz CT molecular complexity index is 996. The fourth-order valence-electron chi connectivity index (χ4n) is 2.15. The predicted octanol–water partition coefficient (Wildman–Crippen LogP) is 4.36. The fourth-order valence-corrected chi connectivity index (χ4v) is 2.34. The molecule has 0 saturated heterocycles. The zero-order valence-electron chi connectivity index (χ0n) is 11.9. The molecule has 9 heteroatoms. The van der Waals surface area contributed by atoms with Gasteiger partial charge in [-0.15, -0.1) is 10.2 Å². The van der Waals surface area contributed by atoms with Gasteiger partial charge in [0, 0.05) is 11.5 Å². The number of aromatic hydroxyl groups is 1. The Morgan fingerprint density at radius 2 is 2.00 bits per heavy atom. The molecule has 0 spiro atoms. The van der Waals surface area contributed by atoms with E-state index in [1.165, 1.54) is 12.1 Å². The van der Waals surface area contributed by atoms with Crippen molar-refractivity contribution in [3.63, 3.8) is 0 Å². The number of nitro groups is 1. The molecule has 1 aromatic heterocycles. The Balaban J connectivity index is 1.94. The van der Waals surface area contributed by atoms with Gasteiger partial charge >= 0.3 is 0 Å². The molecule has 1 amide bonds. The van der Waals surface area contributed by atoms with Gasteiger partial charge in [-0.05, 0) is 18.2 Å². The van der Waals surface area contributed by atoms with Gasteiger partial charge in [0.15, 0.2) is 5.69 Å². The number of amides is 1. The van der Waals surface area contributed by atoms with Crippen LogP contribution in [0.15, 0.2) is 52.7 Å². The van der Waals surface area contributed by atoms with Crippen LogP contribution in [0.25, 0.3) is 10.9 Å². The minimum absolute atomic E-state index is 0.0332. The number of carbonyl (C=O) groups is 1. The lowest BCUT2D eigenvalue weighted by molar-refractivity contribution is -0.384. The number of halogens is 1. The minimum atomic E-state index is -0.792. The van der Waals surface area contributed by atoms with Gasteiger partial charge in [-0.3, -0.25) is 14.9 Å². The lowest BCUT2D eigenvalue weighted by Crippen LogP contribution is -1.97. The van der Waals surface area contributed by atoms with Crippen molar-refractivity contribution in [2.75, 3.05) is 0 Å². The number of nitro benzene ring substituents is 1. The van der Waals surface area contributed by atoms with E-state index in [2.05, 4.69) is 15.2 Å². The first-order chi connectivity index (χ1) is 11.5. The zero-order valence-corrected chi connectivity index (χ0v) is 12.7. The summed E-state index contributed by atoms with van der Waals surface area (Å²) in [5.41, 5.74) is 0.322. The maximum Gasteiger partial charge on any atom is 0.295 e.